The number of pyridine rings is 1. The average Bonchev–Trinajstić information content (AvgIpc) is 2.99. The number of aromatic nitrogens is 4. The van der Waals surface area contributed by atoms with Crippen molar-refractivity contribution in [1.82, 2.24) is 24.9 Å². The largest absolute Gasteiger partial charge is 0.349 e. The highest BCUT2D eigenvalue weighted by Gasteiger charge is 2.18. The molecule has 0 saturated heterocycles. The second-order valence-electron chi connectivity index (χ2n) is 6.37. The van der Waals surface area contributed by atoms with Gasteiger partial charge in [0.15, 0.2) is 5.65 Å². The quantitative estimate of drug-likeness (QED) is 0.783. The maximum Gasteiger partial charge on any atom is 0.256 e. The molecule has 0 fully saturated rings. The van der Waals surface area contributed by atoms with E-state index in [2.05, 4.69) is 34.2 Å². The van der Waals surface area contributed by atoms with E-state index in [-0.39, 0.29) is 11.9 Å². The van der Waals surface area contributed by atoms with Gasteiger partial charge in [0, 0.05) is 30.2 Å². The Hall–Kier alpha value is -2.76. The van der Waals surface area contributed by atoms with Crippen molar-refractivity contribution in [3.8, 4) is 11.3 Å². The van der Waals surface area contributed by atoms with Crippen LogP contribution in [0, 0.1) is 5.92 Å². The molecule has 1 amide bonds. The summed E-state index contributed by atoms with van der Waals surface area (Å²) < 4.78 is 1.68. The van der Waals surface area contributed by atoms with Crippen LogP contribution in [0.4, 0.5) is 0 Å². The lowest BCUT2D eigenvalue weighted by Crippen LogP contribution is -2.33. The monoisotopic (exact) mass is 323 g/mol. The Bertz CT molecular complexity index is 841. The van der Waals surface area contributed by atoms with Gasteiger partial charge in [-0.3, -0.25) is 9.78 Å². The first-order chi connectivity index (χ1) is 11.6. The highest BCUT2D eigenvalue weighted by Crippen LogP contribution is 2.20. The first kappa shape index (κ1) is 16.1. The fraction of sp³-hybridized carbons (Fsp3) is 0.333. The zero-order valence-electron chi connectivity index (χ0n) is 14.1. The van der Waals surface area contributed by atoms with Gasteiger partial charge in [-0.05, 0) is 37.5 Å². The zero-order valence-corrected chi connectivity index (χ0v) is 14.1. The highest BCUT2D eigenvalue weighted by atomic mass is 16.1. The number of nitrogens with one attached hydrogen (secondary N) is 1. The van der Waals surface area contributed by atoms with Crippen LogP contribution in [0.25, 0.3) is 16.9 Å². The third-order valence-electron chi connectivity index (χ3n) is 3.81. The molecule has 6 heteroatoms. The number of hydrogen-bond donors (Lipinski definition) is 1. The molecule has 0 spiro atoms. The van der Waals surface area contributed by atoms with Gasteiger partial charge < -0.3 is 5.32 Å². The average molecular weight is 323 g/mol. The van der Waals surface area contributed by atoms with Crippen LogP contribution < -0.4 is 5.32 Å². The van der Waals surface area contributed by atoms with Gasteiger partial charge in [0.2, 0.25) is 0 Å². The number of rotatable bonds is 5. The Morgan fingerprint density at radius 1 is 1.21 bits per heavy atom. The Balaban J connectivity index is 1.93. The molecule has 1 atom stereocenters. The van der Waals surface area contributed by atoms with E-state index in [1.807, 2.05) is 25.1 Å². The Morgan fingerprint density at radius 2 is 2.04 bits per heavy atom. The summed E-state index contributed by atoms with van der Waals surface area (Å²) in [5, 5.41) is 7.37. The van der Waals surface area contributed by atoms with Crippen LogP contribution in [0.15, 0.2) is 43.0 Å². The Morgan fingerprint density at radius 3 is 2.75 bits per heavy atom. The number of amides is 1. The lowest BCUT2D eigenvalue weighted by Gasteiger charge is -2.15. The van der Waals surface area contributed by atoms with Crippen molar-refractivity contribution in [2.24, 2.45) is 5.92 Å². The van der Waals surface area contributed by atoms with Crippen LogP contribution in [0.3, 0.4) is 0 Å². The standard InChI is InChI=1S/C18H21N5O/c1-12(2)9-13(3)22-18(24)15-11-21-23-16(6-8-20-17(15)23)14-5-4-7-19-10-14/h4-8,10-13H,9H2,1-3H3,(H,22,24). The van der Waals surface area contributed by atoms with E-state index < -0.39 is 0 Å². The highest BCUT2D eigenvalue weighted by molar-refractivity contribution is 6.00. The molecule has 0 aliphatic rings. The summed E-state index contributed by atoms with van der Waals surface area (Å²) in [4.78, 5) is 21.0. The fourth-order valence-corrected chi connectivity index (χ4v) is 2.85. The maximum absolute atomic E-state index is 12.5. The van der Waals surface area contributed by atoms with Crippen molar-refractivity contribution >= 4 is 11.6 Å². The predicted molar refractivity (Wildman–Crippen MR) is 92.6 cm³/mol. The number of fused-ring (bicyclic) bond motifs is 1. The van der Waals surface area contributed by atoms with Crippen LogP contribution in [-0.4, -0.2) is 31.5 Å². The molecule has 3 aromatic heterocycles. The molecule has 1 N–H and O–H groups in total. The second-order valence-corrected chi connectivity index (χ2v) is 6.37. The minimum absolute atomic E-state index is 0.106. The molecule has 3 rings (SSSR count). The van der Waals surface area contributed by atoms with E-state index in [4.69, 9.17) is 0 Å². The summed E-state index contributed by atoms with van der Waals surface area (Å²) in [7, 11) is 0. The topological polar surface area (TPSA) is 72.2 Å². The zero-order chi connectivity index (χ0) is 17.1. The van der Waals surface area contributed by atoms with Crippen LogP contribution >= 0.6 is 0 Å². The first-order valence-electron chi connectivity index (χ1n) is 8.10. The van der Waals surface area contributed by atoms with Gasteiger partial charge in [-0.1, -0.05) is 13.8 Å². The minimum atomic E-state index is -0.144. The second kappa shape index (κ2) is 6.78. The van der Waals surface area contributed by atoms with Gasteiger partial charge in [-0.15, -0.1) is 0 Å². The molecule has 0 saturated carbocycles. The molecular weight excluding hydrogens is 302 g/mol. The molecule has 0 aliphatic carbocycles. The Labute approximate surface area is 141 Å². The molecule has 0 radical (unpaired) electrons. The molecule has 0 aliphatic heterocycles. The summed E-state index contributed by atoms with van der Waals surface area (Å²) in [6.45, 7) is 6.29. The molecule has 24 heavy (non-hydrogen) atoms. The van der Waals surface area contributed by atoms with Crippen molar-refractivity contribution in [2.45, 2.75) is 33.2 Å². The van der Waals surface area contributed by atoms with E-state index in [0.717, 1.165) is 17.7 Å². The normalized spacial score (nSPS) is 12.5. The van der Waals surface area contributed by atoms with Crippen molar-refractivity contribution in [3.05, 3.63) is 48.5 Å². The number of carbonyl (C=O) groups is 1. The first-order valence-corrected chi connectivity index (χ1v) is 8.10. The molecule has 0 bridgehead atoms. The summed E-state index contributed by atoms with van der Waals surface area (Å²) in [6, 6.07) is 5.79. The number of carbonyl (C=O) groups excluding carboxylic acids is 1. The Kier molecular flexibility index (Phi) is 4.55. The summed E-state index contributed by atoms with van der Waals surface area (Å²) in [5.41, 5.74) is 2.80. The third-order valence-corrected chi connectivity index (χ3v) is 3.81. The fourth-order valence-electron chi connectivity index (χ4n) is 2.85. The van der Waals surface area contributed by atoms with Gasteiger partial charge in [0.05, 0.1) is 11.9 Å². The maximum atomic E-state index is 12.5. The molecule has 3 aromatic rings. The summed E-state index contributed by atoms with van der Waals surface area (Å²) in [6.07, 6.45) is 7.67. The van der Waals surface area contributed by atoms with E-state index in [1.165, 1.54) is 0 Å². The molecule has 1 unspecified atom stereocenters. The van der Waals surface area contributed by atoms with E-state index in [1.54, 1.807) is 29.3 Å². The van der Waals surface area contributed by atoms with Crippen molar-refractivity contribution < 1.29 is 4.79 Å². The van der Waals surface area contributed by atoms with Crippen molar-refractivity contribution in [1.29, 1.82) is 0 Å². The lowest BCUT2D eigenvalue weighted by atomic mass is 10.1. The number of hydrogen-bond acceptors (Lipinski definition) is 4. The lowest BCUT2D eigenvalue weighted by molar-refractivity contribution is 0.0937. The van der Waals surface area contributed by atoms with Crippen LogP contribution in [0.5, 0.6) is 0 Å². The van der Waals surface area contributed by atoms with Crippen LogP contribution in [-0.2, 0) is 0 Å². The van der Waals surface area contributed by atoms with Gasteiger partial charge in [-0.2, -0.15) is 5.10 Å². The van der Waals surface area contributed by atoms with Crippen LogP contribution in [0.1, 0.15) is 37.6 Å². The van der Waals surface area contributed by atoms with Crippen LogP contribution in [0.2, 0.25) is 0 Å². The number of nitrogens with zero attached hydrogens (tertiary/aromatic N) is 4. The predicted octanol–water partition coefficient (Wildman–Crippen LogP) is 2.96. The molecule has 124 valence electrons. The minimum Gasteiger partial charge on any atom is -0.349 e. The third kappa shape index (κ3) is 3.27. The van der Waals surface area contributed by atoms with Gasteiger partial charge in [0.1, 0.15) is 5.56 Å². The van der Waals surface area contributed by atoms with E-state index >= 15 is 0 Å². The van der Waals surface area contributed by atoms with Gasteiger partial charge >= 0.3 is 0 Å². The van der Waals surface area contributed by atoms with Gasteiger partial charge in [-0.25, -0.2) is 9.50 Å². The van der Waals surface area contributed by atoms with Crippen molar-refractivity contribution in [2.75, 3.05) is 0 Å². The molecule has 6 nitrogen and oxygen atoms in total. The summed E-state index contributed by atoms with van der Waals surface area (Å²) >= 11 is 0. The van der Waals surface area contributed by atoms with E-state index in [9.17, 15) is 4.79 Å². The molecule has 3 heterocycles. The molecular formula is C18H21N5O. The van der Waals surface area contributed by atoms with Crippen molar-refractivity contribution in [3.63, 3.8) is 0 Å². The SMILES string of the molecule is CC(C)CC(C)NC(=O)c1cnn2c(-c3cccnc3)ccnc12. The summed E-state index contributed by atoms with van der Waals surface area (Å²) in [5.74, 6) is 0.383. The molecule has 0 aromatic carbocycles. The van der Waals surface area contributed by atoms with Gasteiger partial charge in [0.25, 0.3) is 5.91 Å². The smallest absolute Gasteiger partial charge is 0.256 e. The van der Waals surface area contributed by atoms with E-state index in [0.29, 0.717) is 17.1 Å².